The van der Waals surface area contributed by atoms with Crippen LogP contribution in [0.5, 0.6) is 0 Å². The highest BCUT2D eigenvalue weighted by Crippen LogP contribution is 2.22. The van der Waals surface area contributed by atoms with Gasteiger partial charge in [-0.3, -0.25) is 4.90 Å². The van der Waals surface area contributed by atoms with Gasteiger partial charge in [0.25, 0.3) is 0 Å². The summed E-state index contributed by atoms with van der Waals surface area (Å²) >= 11 is 0. The minimum Gasteiger partial charge on any atom is -0.393 e. The molecule has 1 aliphatic heterocycles. The predicted octanol–water partition coefficient (Wildman–Crippen LogP) is 2.75. The number of benzene rings is 1. The van der Waals surface area contributed by atoms with E-state index in [-0.39, 0.29) is 23.6 Å². The Bertz CT molecular complexity index is 545. The number of likely N-dealkylation sites (tertiary alicyclic amines) is 1. The second-order valence-corrected chi connectivity index (χ2v) is 8.24. The second-order valence-electron chi connectivity index (χ2n) is 8.24. The first-order chi connectivity index (χ1) is 11.7. The van der Waals surface area contributed by atoms with Gasteiger partial charge in [-0.15, -0.1) is 0 Å². The highest BCUT2D eigenvalue weighted by Gasteiger charge is 2.30. The molecule has 3 unspecified atom stereocenters. The molecule has 1 aromatic rings. The maximum Gasteiger partial charge on any atom is 0.315 e. The van der Waals surface area contributed by atoms with Crippen LogP contribution in [0.15, 0.2) is 30.3 Å². The summed E-state index contributed by atoms with van der Waals surface area (Å²) in [5.41, 5.74) is 1.19. The highest BCUT2D eigenvalue weighted by molar-refractivity contribution is 5.74. The molecule has 5 nitrogen and oxygen atoms in total. The number of aliphatic hydroxyl groups excluding tert-OH is 1. The number of hydrogen-bond acceptors (Lipinski definition) is 3. The van der Waals surface area contributed by atoms with Crippen LogP contribution in [-0.4, -0.2) is 47.3 Å². The smallest absolute Gasteiger partial charge is 0.315 e. The fourth-order valence-corrected chi connectivity index (χ4v) is 3.67. The lowest BCUT2D eigenvalue weighted by atomic mass is 9.87. The molecule has 1 saturated heterocycles. The summed E-state index contributed by atoms with van der Waals surface area (Å²) in [6.45, 7) is 10.5. The summed E-state index contributed by atoms with van der Waals surface area (Å²) in [5.74, 6) is 0. The summed E-state index contributed by atoms with van der Waals surface area (Å²) in [6, 6.07) is 11.0. The van der Waals surface area contributed by atoms with E-state index >= 15 is 0 Å². The maximum absolute atomic E-state index is 12.2. The van der Waals surface area contributed by atoms with Crippen molar-refractivity contribution in [2.45, 2.75) is 65.3 Å². The average Bonchev–Trinajstić information content (AvgIpc) is 2.85. The molecule has 1 aromatic carbocycles. The third-order valence-corrected chi connectivity index (χ3v) is 4.84. The highest BCUT2D eigenvalue weighted by atomic mass is 16.3. The molecule has 5 heteroatoms. The number of nitrogens with one attached hydrogen (secondary N) is 2. The van der Waals surface area contributed by atoms with Crippen LogP contribution in [-0.2, 0) is 6.54 Å². The Labute approximate surface area is 151 Å². The largest absolute Gasteiger partial charge is 0.393 e. The second kappa shape index (κ2) is 8.68. The molecule has 0 aromatic heterocycles. The zero-order valence-corrected chi connectivity index (χ0v) is 16.0. The molecular formula is C20H33N3O2. The molecule has 0 saturated carbocycles. The average molecular weight is 348 g/mol. The number of urea groups is 1. The van der Waals surface area contributed by atoms with Gasteiger partial charge in [-0.25, -0.2) is 4.79 Å². The van der Waals surface area contributed by atoms with E-state index in [1.807, 2.05) is 6.07 Å². The lowest BCUT2D eigenvalue weighted by Gasteiger charge is -2.26. The maximum atomic E-state index is 12.2. The number of hydrogen-bond donors (Lipinski definition) is 3. The van der Waals surface area contributed by atoms with Crippen LogP contribution in [0.4, 0.5) is 4.79 Å². The Balaban J connectivity index is 1.76. The van der Waals surface area contributed by atoms with Crippen molar-refractivity contribution in [3.8, 4) is 0 Å². The molecule has 1 heterocycles. The van der Waals surface area contributed by atoms with Gasteiger partial charge in [-0.2, -0.15) is 0 Å². The lowest BCUT2D eigenvalue weighted by Crippen LogP contribution is -2.46. The van der Waals surface area contributed by atoms with Crippen molar-refractivity contribution in [3.05, 3.63) is 35.9 Å². The van der Waals surface area contributed by atoms with Crippen LogP contribution in [0.25, 0.3) is 0 Å². The molecule has 2 rings (SSSR count). The van der Waals surface area contributed by atoms with Gasteiger partial charge in [0.05, 0.1) is 6.10 Å². The minimum absolute atomic E-state index is 0.113. The van der Waals surface area contributed by atoms with E-state index in [1.54, 1.807) is 6.92 Å². The molecule has 0 bridgehead atoms. The Morgan fingerprint density at radius 3 is 2.68 bits per heavy atom. The molecule has 2 amide bonds. The number of rotatable bonds is 7. The topological polar surface area (TPSA) is 64.6 Å². The molecule has 3 N–H and O–H groups in total. The minimum atomic E-state index is -0.359. The van der Waals surface area contributed by atoms with Crippen LogP contribution in [0.3, 0.4) is 0 Å². The van der Waals surface area contributed by atoms with Crippen LogP contribution in [0.1, 0.15) is 46.1 Å². The Kier molecular flexibility index (Phi) is 6.85. The first-order valence-corrected chi connectivity index (χ1v) is 9.25. The molecule has 0 spiro atoms. The lowest BCUT2D eigenvalue weighted by molar-refractivity contribution is 0.128. The van der Waals surface area contributed by atoms with E-state index in [2.05, 4.69) is 60.6 Å². The van der Waals surface area contributed by atoms with Crippen molar-refractivity contribution in [3.63, 3.8) is 0 Å². The standard InChI is InChI=1S/C20H33N3O2/c1-15-10-18(13-23(15)12-17-8-6-5-7-9-17)22-19(25)21-14-20(3,4)11-16(2)24/h5-9,15-16,18,24H,10-14H2,1-4H3,(H2,21,22,25). The van der Waals surface area contributed by atoms with Crippen molar-refractivity contribution in [2.75, 3.05) is 13.1 Å². The monoisotopic (exact) mass is 347 g/mol. The number of carbonyl (C=O) groups is 1. The molecule has 140 valence electrons. The Hall–Kier alpha value is -1.59. The van der Waals surface area contributed by atoms with Gasteiger partial charge in [-0.05, 0) is 37.7 Å². The summed E-state index contributed by atoms with van der Waals surface area (Å²) in [7, 11) is 0. The third-order valence-electron chi connectivity index (χ3n) is 4.84. The molecule has 1 aliphatic rings. The Morgan fingerprint density at radius 2 is 2.04 bits per heavy atom. The van der Waals surface area contributed by atoms with Crippen molar-refractivity contribution < 1.29 is 9.90 Å². The molecule has 0 radical (unpaired) electrons. The fraction of sp³-hybridized carbons (Fsp3) is 0.650. The van der Waals surface area contributed by atoms with Gasteiger partial charge in [-0.1, -0.05) is 44.2 Å². The molecule has 1 fully saturated rings. The van der Waals surface area contributed by atoms with Crippen LogP contribution in [0, 0.1) is 5.41 Å². The fourth-order valence-electron chi connectivity index (χ4n) is 3.67. The summed E-state index contributed by atoms with van der Waals surface area (Å²) < 4.78 is 0. The van der Waals surface area contributed by atoms with E-state index in [0.717, 1.165) is 19.5 Å². The van der Waals surface area contributed by atoms with E-state index < -0.39 is 0 Å². The molecule has 3 atom stereocenters. The quantitative estimate of drug-likeness (QED) is 0.711. The third kappa shape index (κ3) is 6.67. The first-order valence-electron chi connectivity index (χ1n) is 9.25. The molecule has 25 heavy (non-hydrogen) atoms. The predicted molar refractivity (Wildman–Crippen MR) is 101 cm³/mol. The van der Waals surface area contributed by atoms with E-state index in [4.69, 9.17) is 0 Å². The van der Waals surface area contributed by atoms with Crippen molar-refractivity contribution in [1.82, 2.24) is 15.5 Å². The van der Waals surface area contributed by atoms with Gasteiger partial charge in [0.1, 0.15) is 0 Å². The zero-order valence-electron chi connectivity index (χ0n) is 16.0. The van der Waals surface area contributed by atoms with Gasteiger partial charge < -0.3 is 15.7 Å². The van der Waals surface area contributed by atoms with E-state index in [9.17, 15) is 9.90 Å². The van der Waals surface area contributed by atoms with Crippen LogP contribution in [0.2, 0.25) is 0 Å². The number of amides is 2. The number of aliphatic hydroxyl groups is 1. The zero-order chi connectivity index (χ0) is 18.4. The van der Waals surface area contributed by atoms with E-state index in [1.165, 1.54) is 5.56 Å². The van der Waals surface area contributed by atoms with Gasteiger partial charge in [0.2, 0.25) is 0 Å². The number of nitrogens with zero attached hydrogens (tertiary/aromatic N) is 1. The van der Waals surface area contributed by atoms with Gasteiger partial charge in [0, 0.05) is 31.7 Å². The summed E-state index contributed by atoms with van der Waals surface area (Å²) in [6.07, 6.45) is 1.28. The van der Waals surface area contributed by atoms with Gasteiger partial charge in [0.15, 0.2) is 0 Å². The Morgan fingerprint density at radius 1 is 1.36 bits per heavy atom. The SMILES string of the molecule is CC(O)CC(C)(C)CNC(=O)NC1CC(C)N(Cc2ccccc2)C1. The molecular weight excluding hydrogens is 314 g/mol. The van der Waals surface area contributed by atoms with Crippen molar-refractivity contribution >= 4 is 6.03 Å². The first kappa shape index (κ1) is 19.7. The summed E-state index contributed by atoms with van der Waals surface area (Å²) in [5, 5.41) is 15.6. The van der Waals surface area contributed by atoms with Crippen molar-refractivity contribution in [1.29, 1.82) is 0 Å². The number of carbonyl (C=O) groups excluding carboxylic acids is 1. The molecule has 0 aliphatic carbocycles. The van der Waals surface area contributed by atoms with Crippen molar-refractivity contribution in [2.24, 2.45) is 5.41 Å². The van der Waals surface area contributed by atoms with Crippen LogP contribution >= 0.6 is 0 Å². The van der Waals surface area contributed by atoms with E-state index in [0.29, 0.717) is 19.0 Å². The van der Waals surface area contributed by atoms with Gasteiger partial charge >= 0.3 is 6.03 Å². The summed E-state index contributed by atoms with van der Waals surface area (Å²) in [4.78, 5) is 14.6. The van der Waals surface area contributed by atoms with Crippen LogP contribution < -0.4 is 10.6 Å². The normalized spacial score (nSPS) is 22.6.